The zero-order valence-electron chi connectivity index (χ0n) is 16.6. The quantitative estimate of drug-likeness (QED) is 0.324. The van der Waals surface area contributed by atoms with Gasteiger partial charge in [-0.1, -0.05) is 6.07 Å². The minimum atomic E-state index is -4.47. The number of halogens is 4. The Kier molecular flexibility index (Phi) is 5.52. The number of pyridine rings is 4. The molecule has 32 heavy (non-hydrogen) atoms. The van der Waals surface area contributed by atoms with E-state index >= 15 is 0 Å². The number of rotatable bonds is 5. The Balaban J connectivity index is 1.71. The SMILES string of the molecule is CC(=O)c1ccc(CF)c(-c2ccc3c(Nc4ccc(C(F)(F)F)cn4)ccnc3n2)n1. The molecule has 6 nitrogen and oxygen atoms in total. The van der Waals surface area contributed by atoms with Crippen molar-refractivity contribution in [2.75, 3.05) is 5.32 Å². The number of carbonyl (C=O) groups is 1. The summed E-state index contributed by atoms with van der Waals surface area (Å²) in [5.41, 5.74) is 1.03. The van der Waals surface area contributed by atoms with Crippen LogP contribution >= 0.6 is 0 Å². The van der Waals surface area contributed by atoms with Crippen molar-refractivity contribution in [2.24, 2.45) is 0 Å². The van der Waals surface area contributed by atoms with Gasteiger partial charge in [-0.3, -0.25) is 4.79 Å². The molecule has 0 spiro atoms. The van der Waals surface area contributed by atoms with Crippen molar-refractivity contribution in [2.45, 2.75) is 19.8 Å². The number of hydrogen-bond acceptors (Lipinski definition) is 6. The molecule has 162 valence electrons. The van der Waals surface area contributed by atoms with E-state index in [9.17, 15) is 22.4 Å². The summed E-state index contributed by atoms with van der Waals surface area (Å²) in [6, 6.07) is 10.0. The molecular formula is C22H15F4N5O. The zero-order valence-corrected chi connectivity index (χ0v) is 16.6. The maximum atomic E-state index is 13.5. The van der Waals surface area contributed by atoms with E-state index < -0.39 is 18.4 Å². The van der Waals surface area contributed by atoms with Gasteiger partial charge in [0.15, 0.2) is 11.4 Å². The van der Waals surface area contributed by atoms with Gasteiger partial charge in [0.1, 0.15) is 18.2 Å². The number of aromatic nitrogens is 4. The van der Waals surface area contributed by atoms with Crippen molar-refractivity contribution >= 4 is 28.3 Å². The topological polar surface area (TPSA) is 80.7 Å². The molecule has 0 atom stereocenters. The fourth-order valence-corrected chi connectivity index (χ4v) is 3.06. The monoisotopic (exact) mass is 441 g/mol. The summed E-state index contributed by atoms with van der Waals surface area (Å²) in [4.78, 5) is 28.4. The molecule has 0 radical (unpaired) electrons. The normalized spacial score (nSPS) is 11.5. The lowest BCUT2D eigenvalue weighted by atomic mass is 10.1. The van der Waals surface area contributed by atoms with E-state index in [-0.39, 0.29) is 28.6 Å². The molecule has 4 rings (SSSR count). The molecule has 0 aliphatic heterocycles. The van der Waals surface area contributed by atoms with Crippen molar-refractivity contribution in [3.05, 3.63) is 71.7 Å². The van der Waals surface area contributed by atoms with Crippen molar-refractivity contribution in [1.82, 2.24) is 19.9 Å². The lowest BCUT2D eigenvalue weighted by Crippen LogP contribution is -2.06. The summed E-state index contributed by atoms with van der Waals surface area (Å²) < 4.78 is 51.7. The Morgan fingerprint density at radius 2 is 1.81 bits per heavy atom. The molecule has 0 bridgehead atoms. The second kappa shape index (κ2) is 8.29. The molecule has 0 aliphatic rings. The molecular weight excluding hydrogens is 426 g/mol. The highest BCUT2D eigenvalue weighted by Gasteiger charge is 2.30. The predicted octanol–water partition coefficient (Wildman–Crippen LogP) is 5.52. The second-order valence-corrected chi connectivity index (χ2v) is 6.88. The van der Waals surface area contributed by atoms with Crippen LogP contribution in [0.1, 0.15) is 28.5 Å². The van der Waals surface area contributed by atoms with Crippen LogP contribution in [0.25, 0.3) is 22.4 Å². The Hall–Kier alpha value is -3.95. The van der Waals surface area contributed by atoms with E-state index in [1.807, 2.05) is 0 Å². The van der Waals surface area contributed by atoms with E-state index in [4.69, 9.17) is 0 Å². The molecule has 0 saturated carbocycles. The first-order chi connectivity index (χ1) is 15.3. The number of fused-ring (bicyclic) bond motifs is 1. The predicted molar refractivity (Wildman–Crippen MR) is 110 cm³/mol. The van der Waals surface area contributed by atoms with Gasteiger partial charge in [0.05, 0.1) is 22.6 Å². The first kappa shape index (κ1) is 21.3. The van der Waals surface area contributed by atoms with E-state index in [1.54, 1.807) is 18.2 Å². The lowest BCUT2D eigenvalue weighted by Gasteiger charge is -2.11. The van der Waals surface area contributed by atoms with Gasteiger partial charge < -0.3 is 5.32 Å². The van der Waals surface area contributed by atoms with Gasteiger partial charge >= 0.3 is 6.18 Å². The minimum absolute atomic E-state index is 0.191. The summed E-state index contributed by atoms with van der Waals surface area (Å²) in [6.45, 7) is 0.582. The maximum Gasteiger partial charge on any atom is 0.417 e. The van der Waals surface area contributed by atoms with Crippen LogP contribution in [0.3, 0.4) is 0 Å². The van der Waals surface area contributed by atoms with Crippen molar-refractivity contribution in [1.29, 1.82) is 0 Å². The van der Waals surface area contributed by atoms with Gasteiger partial charge in [0, 0.05) is 30.3 Å². The van der Waals surface area contributed by atoms with Crippen molar-refractivity contribution in [3.63, 3.8) is 0 Å². The number of hydrogen-bond donors (Lipinski definition) is 1. The van der Waals surface area contributed by atoms with Crippen LogP contribution in [-0.4, -0.2) is 25.7 Å². The summed E-state index contributed by atoms with van der Waals surface area (Å²) in [6.07, 6.45) is -2.25. The first-order valence-electron chi connectivity index (χ1n) is 9.39. The fourth-order valence-electron chi connectivity index (χ4n) is 3.06. The average Bonchev–Trinajstić information content (AvgIpc) is 2.78. The number of nitrogens with one attached hydrogen (secondary N) is 1. The maximum absolute atomic E-state index is 13.5. The number of alkyl halides is 4. The summed E-state index contributed by atoms with van der Waals surface area (Å²) in [7, 11) is 0. The Bertz CT molecular complexity index is 1310. The molecule has 0 aromatic carbocycles. The van der Waals surface area contributed by atoms with Crippen LogP contribution in [0, 0.1) is 0 Å². The number of anilines is 2. The molecule has 0 saturated heterocycles. The number of nitrogens with zero attached hydrogens (tertiary/aromatic N) is 4. The van der Waals surface area contributed by atoms with Crippen LogP contribution in [0.5, 0.6) is 0 Å². The average molecular weight is 441 g/mol. The van der Waals surface area contributed by atoms with Crippen LogP contribution in [0.4, 0.5) is 29.1 Å². The molecule has 0 amide bonds. The van der Waals surface area contributed by atoms with E-state index in [0.717, 1.165) is 12.3 Å². The third kappa shape index (κ3) is 4.25. The van der Waals surface area contributed by atoms with Gasteiger partial charge in [-0.2, -0.15) is 13.2 Å². The van der Waals surface area contributed by atoms with Gasteiger partial charge in [0.25, 0.3) is 0 Å². The molecule has 10 heteroatoms. The smallest absolute Gasteiger partial charge is 0.340 e. The third-order valence-electron chi connectivity index (χ3n) is 4.68. The summed E-state index contributed by atoms with van der Waals surface area (Å²) in [5.74, 6) is -0.0452. The largest absolute Gasteiger partial charge is 0.417 e. The van der Waals surface area contributed by atoms with E-state index in [0.29, 0.717) is 22.4 Å². The Morgan fingerprint density at radius 3 is 2.47 bits per heavy atom. The standard InChI is InChI=1S/C22H15F4N5O/c1-12(32)16-5-2-13(10-23)20(30-16)18-6-4-15-17(8-9-27-21(15)31-18)29-19-7-3-14(11-28-19)22(24,25)26/h2-9,11H,10H2,1H3,(H,27,28,29,31). The van der Waals surface area contributed by atoms with Gasteiger partial charge in [0.2, 0.25) is 0 Å². The highest BCUT2D eigenvalue weighted by molar-refractivity contribution is 5.93. The highest BCUT2D eigenvalue weighted by Crippen LogP contribution is 2.31. The Morgan fingerprint density at radius 1 is 1.00 bits per heavy atom. The Labute approximate surface area is 179 Å². The minimum Gasteiger partial charge on any atom is -0.340 e. The van der Waals surface area contributed by atoms with Crippen molar-refractivity contribution < 1.29 is 22.4 Å². The molecule has 0 fully saturated rings. The summed E-state index contributed by atoms with van der Waals surface area (Å²) in [5, 5.41) is 3.52. The molecule has 4 aromatic rings. The zero-order chi connectivity index (χ0) is 22.9. The van der Waals surface area contributed by atoms with E-state index in [2.05, 4.69) is 25.3 Å². The van der Waals surface area contributed by atoms with Crippen LogP contribution < -0.4 is 5.32 Å². The molecule has 4 heterocycles. The fraction of sp³-hybridized carbons (Fsp3) is 0.136. The van der Waals surface area contributed by atoms with Crippen LogP contribution in [0.2, 0.25) is 0 Å². The highest BCUT2D eigenvalue weighted by atomic mass is 19.4. The number of ketones is 1. The van der Waals surface area contributed by atoms with Crippen LogP contribution in [0.15, 0.2) is 54.9 Å². The molecule has 0 unspecified atom stereocenters. The second-order valence-electron chi connectivity index (χ2n) is 6.88. The lowest BCUT2D eigenvalue weighted by molar-refractivity contribution is -0.137. The van der Waals surface area contributed by atoms with Crippen molar-refractivity contribution in [3.8, 4) is 11.4 Å². The van der Waals surface area contributed by atoms with Gasteiger partial charge in [-0.25, -0.2) is 24.3 Å². The van der Waals surface area contributed by atoms with Gasteiger partial charge in [-0.15, -0.1) is 0 Å². The van der Waals surface area contributed by atoms with E-state index in [1.165, 1.54) is 31.3 Å². The van der Waals surface area contributed by atoms with Gasteiger partial charge in [-0.05, 0) is 36.4 Å². The molecule has 4 aromatic heterocycles. The third-order valence-corrected chi connectivity index (χ3v) is 4.68. The number of carbonyl (C=O) groups excluding carboxylic acids is 1. The van der Waals surface area contributed by atoms with Crippen LogP contribution in [-0.2, 0) is 12.9 Å². The summed E-state index contributed by atoms with van der Waals surface area (Å²) >= 11 is 0. The first-order valence-corrected chi connectivity index (χ1v) is 9.39. The molecule has 1 N–H and O–H groups in total. The molecule has 0 aliphatic carbocycles. The number of Topliss-reactive ketones (excluding diaryl/α,β-unsaturated/α-hetero) is 1.